The van der Waals surface area contributed by atoms with Gasteiger partial charge in [-0.15, -0.1) is 0 Å². The molecular formula is C24H28N2O7. The Morgan fingerprint density at radius 1 is 1.00 bits per heavy atom. The quantitative estimate of drug-likeness (QED) is 0.690. The van der Waals surface area contributed by atoms with Crippen LogP contribution in [-0.2, 0) is 11.2 Å². The van der Waals surface area contributed by atoms with Crippen LogP contribution in [0.1, 0.15) is 33.9 Å². The predicted octanol–water partition coefficient (Wildman–Crippen LogP) is 2.78. The lowest BCUT2D eigenvalue weighted by molar-refractivity contribution is 0.0599. The molecule has 2 aromatic rings. The molecule has 1 N–H and O–H groups in total. The number of carbonyl (C=O) groups is 2. The summed E-state index contributed by atoms with van der Waals surface area (Å²) in [6, 6.07) is 5.53. The molecule has 0 aliphatic heterocycles. The number of hydrogen-bond acceptors (Lipinski definition) is 7. The fourth-order valence-corrected chi connectivity index (χ4v) is 4.02. The standard InChI is InChI=1S/C24H28N2O7/c1-26(2)24(29)25-17-9-7-13-11-19(30-3)21(31-4)22(32-5)20(13)14-8-10-18(27)16(12-15(14)17)23(28)33-6/h8,10-12,17H,7,9H2,1-6H3,(H,25,29)/t17-/m0/s1. The maximum Gasteiger partial charge on any atom is 0.341 e. The van der Waals surface area contributed by atoms with Crippen LogP contribution in [0.5, 0.6) is 17.2 Å². The minimum Gasteiger partial charge on any atom is -0.493 e. The molecule has 3 rings (SSSR count). The first-order chi connectivity index (χ1) is 15.8. The van der Waals surface area contributed by atoms with Gasteiger partial charge in [-0.2, -0.15) is 0 Å². The molecule has 0 saturated heterocycles. The Labute approximate surface area is 192 Å². The van der Waals surface area contributed by atoms with Crippen molar-refractivity contribution in [1.82, 2.24) is 10.2 Å². The highest BCUT2D eigenvalue weighted by molar-refractivity contribution is 5.91. The summed E-state index contributed by atoms with van der Waals surface area (Å²) in [6.07, 6.45) is 1.08. The van der Waals surface area contributed by atoms with Gasteiger partial charge in [-0.25, -0.2) is 9.59 Å². The summed E-state index contributed by atoms with van der Waals surface area (Å²) in [6.45, 7) is 0. The van der Waals surface area contributed by atoms with E-state index in [0.717, 1.165) is 5.56 Å². The number of esters is 1. The summed E-state index contributed by atoms with van der Waals surface area (Å²) in [4.78, 5) is 39.0. The van der Waals surface area contributed by atoms with Crippen LogP contribution in [0.2, 0.25) is 0 Å². The van der Waals surface area contributed by atoms with E-state index in [0.29, 0.717) is 46.8 Å². The molecule has 0 radical (unpaired) electrons. The molecule has 2 aromatic carbocycles. The lowest BCUT2D eigenvalue weighted by atomic mass is 9.95. The second-order valence-corrected chi connectivity index (χ2v) is 7.73. The fraction of sp³-hybridized carbons (Fsp3) is 0.375. The van der Waals surface area contributed by atoms with Crippen molar-refractivity contribution in [3.8, 4) is 28.4 Å². The van der Waals surface area contributed by atoms with Gasteiger partial charge < -0.3 is 29.2 Å². The van der Waals surface area contributed by atoms with Crippen LogP contribution < -0.4 is 25.0 Å². The number of nitrogens with one attached hydrogen (secondary N) is 1. The van der Waals surface area contributed by atoms with Crippen molar-refractivity contribution in [2.24, 2.45) is 0 Å². The monoisotopic (exact) mass is 456 g/mol. The van der Waals surface area contributed by atoms with Gasteiger partial charge in [0.25, 0.3) is 0 Å². The summed E-state index contributed by atoms with van der Waals surface area (Å²) in [5, 5.41) is 2.99. The normalized spacial score (nSPS) is 14.2. The van der Waals surface area contributed by atoms with Crippen molar-refractivity contribution in [1.29, 1.82) is 0 Å². The molecular weight excluding hydrogens is 428 g/mol. The van der Waals surface area contributed by atoms with E-state index in [-0.39, 0.29) is 11.6 Å². The van der Waals surface area contributed by atoms with Crippen molar-refractivity contribution in [3.05, 3.63) is 51.2 Å². The molecule has 1 atom stereocenters. The van der Waals surface area contributed by atoms with Crippen LogP contribution >= 0.6 is 0 Å². The number of benzene rings is 1. The Kier molecular flexibility index (Phi) is 7.10. The van der Waals surface area contributed by atoms with E-state index in [1.54, 1.807) is 27.3 Å². The smallest absolute Gasteiger partial charge is 0.341 e. The molecule has 1 aliphatic rings. The maximum absolute atomic E-state index is 12.7. The first-order valence-corrected chi connectivity index (χ1v) is 10.3. The highest BCUT2D eigenvalue weighted by Gasteiger charge is 2.30. The van der Waals surface area contributed by atoms with Crippen molar-refractivity contribution in [3.63, 3.8) is 0 Å². The Bertz CT molecular complexity index is 1140. The van der Waals surface area contributed by atoms with E-state index in [4.69, 9.17) is 18.9 Å². The number of amides is 2. The lowest BCUT2D eigenvalue weighted by Crippen LogP contribution is -2.37. The van der Waals surface area contributed by atoms with E-state index >= 15 is 0 Å². The van der Waals surface area contributed by atoms with E-state index < -0.39 is 17.4 Å². The zero-order chi connectivity index (χ0) is 24.3. The molecule has 0 spiro atoms. The van der Waals surface area contributed by atoms with Gasteiger partial charge in [-0.1, -0.05) is 0 Å². The fourth-order valence-electron chi connectivity index (χ4n) is 4.02. The van der Waals surface area contributed by atoms with Crippen LogP contribution in [-0.4, -0.2) is 59.4 Å². The third-order valence-electron chi connectivity index (χ3n) is 5.65. The Morgan fingerprint density at radius 3 is 2.27 bits per heavy atom. The highest BCUT2D eigenvalue weighted by atomic mass is 16.5. The molecule has 33 heavy (non-hydrogen) atoms. The van der Waals surface area contributed by atoms with Gasteiger partial charge in [-0.05, 0) is 53.8 Å². The molecule has 0 fully saturated rings. The van der Waals surface area contributed by atoms with Crippen LogP contribution in [0.25, 0.3) is 11.1 Å². The number of ether oxygens (including phenoxy) is 4. The SMILES string of the molecule is COC(=O)c1cc2c(ccc1=O)-c1c(cc(OC)c(OC)c1OC)CC[C@@H]2NC(=O)N(C)C. The average molecular weight is 456 g/mol. The van der Waals surface area contributed by atoms with Crippen LogP contribution in [0.15, 0.2) is 29.1 Å². The van der Waals surface area contributed by atoms with Crippen LogP contribution in [0.4, 0.5) is 4.79 Å². The zero-order valence-electron chi connectivity index (χ0n) is 19.6. The second kappa shape index (κ2) is 9.81. The van der Waals surface area contributed by atoms with E-state index in [1.165, 1.54) is 38.4 Å². The van der Waals surface area contributed by atoms with Gasteiger partial charge in [0.05, 0.1) is 34.5 Å². The summed E-state index contributed by atoms with van der Waals surface area (Å²) in [5.41, 5.74) is 2.22. The third-order valence-corrected chi connectivity index (χ3v) is 5.65. The Morgan fingerprint density at radius 2 is 1.70 bits per heavy atom. The van der Waals surface area contributed by atoms with Gasteiger partial charge >= 0.3 is 12.0 Å². The van der Waals surface area contributed by atoms with Crippen molar-refractivity contribution in [2.45, 2.75) is 18.9 Å². The molecule has 0 bridgehead atoms. The van der Waals surface area contributed by atoms with Crippen molar-refractivity contribution in [2.75, 3.05) is 42.5 Å². The molecule has 176 valence electrons. The summed E-state index contributed by atoms with van der Waals surface area (Å²) in [5.74, 6) is 0.596. The van der Waals surface area contributed by atoms with Crippen molar-refractivity contribution >= 4 is 12.0 Å². The molecule has 0 saturated carbocycles. The molecule has 1 aliphatic carbocycles. The van der Waals surface area contributed by atoms with E-state index in [2.05, 4.69) is 5.32 Å². The maximum atomic E-state index is 12.7. The molecule has 0 unspecified atom stereocenters. The highest BCUT2D eigenvalue weighted by Crippen LogP contribution is 2.50. The van der Waals surface area contributed by atoms with Gasteiger partial charge in [0.2, 0.25) is 5.75 Å². The van der Waals surface area contributed by atoms with Crippen molar-refractivity contribution < 1.29 is 28.5 Å². The lowest BCUT2D eigenvalue weighted by Gasteiger charge is -2.22. The summed E-state index contributed by atoms with van der Waals surface area (Å²) >= 11 is 0. The summed E-state index contributed by atoms with van der Waals surface area (Å²) < 4.78 is 21.6. The Balaban J connectivity index is 2.40. The topological polar surface area (TPSA) is 103 Å². The third kappa shape index (κ3) is 4.44. The molecule has 0 aromatic heterocycles. The van der Waals surface area contributed by atoms with Gasteiger partial charge in [0, 0.05) is 19.7 Å². The summed E-state index contributed by atoms with van der Waals surface area (Å²) in [7, 11) is 9.08. The first kappa shape index (κ1) is 23.9. The van der Waals surface area contributed by atoms with Gasteiger partial charge in [0.15, 0.2) is 16.9 Å². The second-order valence-electron chi connectivity index (χ2n) is 7.73. The number of nitrogens with zero attached hydrogens (tertiary/aromatic N) is 1. The molecule has 2 amide bonds. The van der Waals surface area contributed by atoms with Crippen LogP contribution in [0.3, 0.4) is 0 Å². The van der Waals surface area contributed by atoms with E-state index in [9.17, 15) is 14.4 Å². The molecule has 0 heterocycles. The minimum atomic E-state index is -0.750. The van der Waals surface area contributed by atoms with Gasteiger partial charge in [0.1, 0.15) is 5.56 Å². The predicted molar refractivity (Wildman–Crippen MR) is 122 cm³/mol. The number of aryl methyl sites for hydroxylation is 1. The first-order valence-electron chi connectivity index (χ1n) is 10.3. The number of urea groups is 1. The number of methoxy groups -OCH3 is 4. The number of rotatable bonds is 5. The van der Waals surface area contributed by atoms with E-state index in [1.807, 2.05) is 6.07 Å². The number of hydrogen-bond donors (Lipinski definition) is 1. The van der Waals surface area contributed by atoms with Crippen LogP contribution in [0, 0.1) is 0 Å². The number of fused-ring (bicyclic) bond motifs is 3. The largest absolute Gasteiger partial charge is 0.493 e. The molecule has 9 heteroatoms. The molecule has 9 nitrogen and oxygen atoms in total. The number of carbonyl (C=O) groups excluding carboxylic acids is 2. The minimum absolute atomic E-state index is 0.120. The van der Waals surface area contributed by atoms with Gasteiger partial charge in [-0.3, -0.25) is 4.79 Å². The Hall–Kier alpha value is -3.75. The average Bonchev–Trinajstić information content (AvgIpc) is 3.06. The zero-order valence-corrected chi connectivity index (χ0v) is 19.6.